The Bertz CT molecular complexity index is 588. The number of rotatable bonds is 2. The van der Waals surface area contributed by atoms with Crippen molar-refractivity contribution >= 4 is 17.7 Å². The molecule has 0 aromatic carbocycles. The number of carbonyl (C=O) groups is 3. The molecule has 3 atom stereocenters. The number of allylic oxidation sites excluding steroid dienone is 1. The van der Waals surface area contributed by atoms with Crippen molar-refractivity contribution < 1.29 is 19.1 Å². The normalized spacial score (nSPS) is 34.7. The lowest BCUT2D eigenvalue weighted by atomic mass is 10.1. The van der Waals surface area contributed by atoms with E-state index in [1.54, 1.807) is 13.0 Å². The summed E-state index contributed by atoms with van der Waals surface area (Å²) < 4.78 is 5.12. The van der Waals surface area contributed by atoms with E-state index in [1.807, 2.05) is 6.08 Å². The highest BCUT2D eigenvalue weighted by atomic mass is 16.5. The molecule has 26 heavy (non-hydrogen) atoms. The van der Waals surface area contributed by atoms with E-state index in [2.05, 4.69) is 10.2 Å². The number of amides is 1. The van der Waals surface area contributed by atoms with Crippen LogP contribution < -0.4 is 5.32 Å². The smallest absolute Gasteiger partial charge is 0.340 e. The molecule has 2 heterocycles. The molecule has 6 heteroatoms. The van der Waals surface area contributed by atoms with Gasteiger partial charge in [0.25, 0.3) is 0 Å². The van der Waals surface area contributed by atoms with E-state index in [0.717, 1.165) is 45.2 Å². The third-order valence-corrected chi connectivity index (χ3v) is 5.78. The van der Waals surface area contributed by atoms with Gasteiger partial charge in [-0.05, 0) is 52.1 Å². The minimum Gasteiger partial charge on any atom is -0.464 e. The van der Waals surface area contributed by atoms with Crippen LogP contribution in [-0.2, 0) is 19.1 Å². The minimum absolute atomic E-state index is 0.190. The Morgan fingerprint density at radius 2 is 1.92 bits per heavy atom. The van der Waals surface area contributed by atoms with Gasteiger partial charge in [-0.3, -0.25) is 14.5 Å². The van der Waals surface area contributed by atoms with Gasteiger partial charge in [0, 0.05) is 0 Å². The highest BCUT2D eigenvalue weighted by Gasteiger charge is 2.71. The van der Waals surface area contributed by atoms with Crippen LogP contribution in [0.25, 0.3) is 0 Å². The first-order valence-electron chi connectivity index (χ1n) is 10.1. The van der Waals surface area contributed by atoms with Crippen molar-refractivity contribution in [1.82, 2.24) is 10.2 Å². The van der Waals surface area contributed by atoms with Crippen molar-refractivity contribution in [3.63, 3.8) is 0 Å². The first-order valence-corrected chi connectivity index (χ1v) is 10.1. The number of fused-ring (bicyclic) bond motifs is 2. The van der Waals surface area contributed by atoms with Gasteiger partial charge in [-0.25, -0.2) is 4.79 Å². The number of hydrogen-bond donors (Lipinski definition) is 1. The van der Waals surface area contributed by atoms with Crippen molar-refractivity contribution in [3.8, 4) is 0 Å². The molecule has 3 unspecified atom stereocenters. The SMILES string of the molecule is CCOC(=O)C12NC(=O)C3CCCN3CCCCCCC/C=C\C1C2=O. The molecule has 2 aliphatic heterocycles. The van der Waals surface area contributed by atoms with Crippen molar-refractivity contribution in [1.29, 1.82) is 0 Å². The summed E-state index contributed by atoms with van der Waals surface area (Å²) in [5.74, 6) is -1.68. The van der Waals surface area contributed by atoms with E-state index in [-0.39, 0.29) is 24.3 Å². The van der Waals surface area contributed by atoms with Crippen LogP contribution in [0.15, 0.2) is 12.2 Å². The molecule has 0 bridgehead atoms. The van der Waals surface area contributed by atoms with Crippen molar-refractivity contribution in [2.75, 3.05) is 19.7 Å². The van der Waals surface area contributed by atoms with E-state index in [1.165, 1.54) is 19.3 Å². The minimum atomic E-state index is -1.50. The van der Waals surface area contributed by atoms with Crippen LogP contribution >= 0.6 is 0 Å². The van der Waals surface area contributed by atoms with Crippen LogP contribution in [0.1, 0.15) is 58.3 Å². The molecular weight excluding hydrogens is 332 g/mol. The lowest BCUT2D eigenvalue weighted by Crippen LogP contribution is -2.53. The lowest BCUT2D eigenvalue weighted by Gasteiger charge is -2.25. The first-order chi connectivity index (χ1) is 12.6. The van der Waals surface area contributed by atoms with Gasteiger partial charge in [0.2, 0.25) is 11.4 Å². The average molecular weight is 362 g/mol. The number of carbonyl (C=O) groups excluding carboxylic acids is 3. The number of nitrogens with zero attached hydrogens (tertiary/aromatic N) is 1. The van der Waals surface area contributed by atoms with Crippen molar-refractivity contribution in [2.45, 2.75) is 69.9 Å². The number of Topliss-reactive ketones (excluding diaryl/α,β-unsaturated/α-hetero) is 1. The molecule has 0 aromatic rings. The summed E-state index contributed by atoms with van der Waals surface area (Å²) in [7, 11) is 0. The molecule has 1 N–H and O–H groups in total. The summed E-state index contributed by atoms with van der Waals surface area (Å²) in [6, 6.07) is -0.246. The molecular formula is C20H30N2O4. The second kappa shape index (κ2) is 8.33. The van der Waals surface area contributed by atoms with E-state index < -0.39 is 17.4 Å². The fourth-order valence-corrected chi connectivity index (χ4v) is 4.23. The number of nitrogens with one attached hydrogen (secondary N) is 1. The zero-order chi connectivity index (χ0) is 18.6. The van der Waals surface area contributed by atoms with E-state index in [4.69, 9.17) is 4.74 Å². The Hall–Kier alpha value is -1.69. The molecule has 2 fully saturated rings. The van der Waals surface area contributed by atoms with Gasteiger partial charge in [0.1, 0.15) is 0 Å². The average Bonchev–Trinajstić information content (AvgIpc) is 2.96. The van der Waals surface area contributed by atoms with Gasteiger partial charge in [-0.2, -0.15) is 0 Å². The molecule has 0 radical (unpaired) electrons. The van der Waals surface area contributed by atoms with Crippen LogP contribution in [0.5, 0.6) is 0 Å². The molecule has 1 saturated carbocycles. The summed E-state index contributed by atoms with van der Waals surface area (Å²) in [6.07, 6.45) is 12.1. The summed E-state index contributed by atoms with van der Waals surface area (Å²) >= 11 is 0. The quantitative estimate of drug-likeness (QED) is 0.462. The molecule has 3 rings (SSSR count). The number of ether oxygens (including phenoxy) is 1. The van der Waals surface area contributed by atoms with Gasteiger partial charge < -0.3 is 10.1 Å². The van der Waals surface area contributed by atoms with Crippen LogP contribution in [0.4, 0.5) is 0 Å². The van der Waals surface area contributed by atoms with E-state index in [9.17, 15) is 14.4 Å². The highest BCUT2D eigenvalue weighted by molar-refractivity contribution is 6.27. The second-order valence-corrected chi connectivity index (χ2v) is 7.54. The molecule has 144 valence electrons. The lowest BCUT2D eigenvalue weighted by molar-refractivity contribution is -0.150. The molecule has 1 saturated heterocycles. The largest absolute Gasteiger partial charge is 0.464 e. The molecule has 6 nitrogen and oxygen atoms in total. The summed E-state index contributed by atoms with van der Waals surface area (Å²) in [5.41, 5.74) is -1.50. The summed E-state index contributed by atoms with van der Waals surface area (Å²) in [5, 5.41) is 2.79. The molecule has 1 amide bonds. The van der Waals surface area contributed by atoms with Gasteiger partial charge in [0.15, 0.2) is 5.78 Å². The maximum absolute atomic E-state index is 12.9. The van der Waals surface area contributed by atoms with Crippen LogP contribution in [0, 0.1) is 5.92 Å². The Labute approximate surface area is 155 Å². The maximum Gasteiger partial charge on any atom is 0.340 e. The zero-order valence-corrected chi connectivity index (χ0v) is 15.7. The Morgan fingerprint density at radius 1 is 1.19 bits per heavy atom. The van der Waals surface area contributed by atoms with Gasteiger partial charge in [-0.15, -0.1) is 0 Å². The molecule has 0 aromatic heterocycles. The highest BCUT2D eigenvalue weighted by Crippen LogP contribution is 2.42. The first kappa shape index (κ1) is 19.1. The summed E-state index contributed by atoms with van der Waals surface area (Å²) in [4.78, 5) is 40.1. The van der Waals surface area contributed by atoms with Crippen molar-refractivity contribution in [3.05, 3.63) is 12.2 Å². The zero-order valence-electron chi connectivity index (χ0n) is 15.7. The maximum atomic E-state index is 12.9. The number of ketones is 1. The predicted molar refractivity (Wildman–Crippen MR) is 97.4 cm³/mol. The van der Waals surface area contributed by atoms with Gasteiger partial charge >= 0.3 is 5.97 Å². The standard InChI is InChI=1S/C20H30N2O4/c1-2-26-19(25)20-15(17(20)23)11-8-6-4-3-5-7-9-13-22-14-10-12-16(22)18(24)21-20/h8,11,15-16H,2-7,9-10,12-14H2,1H3,(H,21,24)/b11-8-. The van der Waals surface area contributed by atoms with Crippen LogP contribution in [0.3, 0.4) is 0 Å². The Balaban J connectivity index is 1.80. The third-order valence-electron chi connectivity index (χ3n) is 5.78. The van der Waals surface area contributed by atoms with Gasteiger partial charge in [0.05, 0.1) is 18.6 Å². The number of hydrogen-bond acceptors (Lipinski definition) is 5. The van der Waals surface area contributed by atoms with Crippen molar-refractivity contribution in [2.24, 2.45) is 5.92 Å². The monoisotopic (exact) mass is 362 g/mol. The molecule has 1 aliphatic carbocycles. The molecule has 0 spiro atoms. The predicted octanol–water partition coefficient (Wildman–Crippen LogP) is 1.98. The number of esters is 1. The fraction of sp³-hybridized carbons (Fsp3) is 0.750. The molecule has 3 aliphatic rings. The van der Waals surface area contributed by atoms with Gasteiger partial charge in [-0.1, -0.05) is 31.4 Å². The topological polar surface area (TPSA) is 75.7 Å². The van der Waals surface area contributed by atoms with E-state index >= 15 is 0 Å². The summed E-state index contributed by atoms with van der Waals surface area (Å²) in [6.45, 7) is 3.71. The van der Waals surface area contributed by atoms with Crippen LogP contribution in [-0.4, -0.2) is 53.8 Å². The van der Waals surface area contributed by atoms with E-state index in [0.29, 0.717) is 0 Å². The Kier molecular flexibility index (Phi) is 6.12. The third kappa shape index (κ3) is 3.70. The van der Waals surface area contributed by atoms with Crippen LogP contribution in [0.2, 0.25) is 0 Å². The fourth-order valence-electron chi connectivity index (χ4n) is 4.23. The Morgan fingerprint density at radius 3 is 2.73 bits per heavy atom. The second-order valence-electron chi connectivity index (χ2n) is 7.54.